The number of hydrogen-bond donors (Lipinski definition) is 1. The van der Waals surface area contributed by atoms with E-state index in [1.807, 2.05) is 0 Å². The van der Waals surface area contributed by atoms with Gasteiger partial charge in [-0.1, -0.05) is 33.6 Å². The molecule has 0 saturated heterocycles. The molecule has 1 nitrogen and oxygen atoms in total. The summed E-state index contributed by atoms with van der Waals surface area (Å²) < 4.78 is 0.406. The van der Waals surface area contributed by atoms with Crippen LogP contribution in [0.15, 0.2) is 0 Å². The van der Waals surface area contributed by atoms with Gasteiger partial charge in [-0.05, 0) is 32.2 Å². The molecule has 0 amide bonds. The molecule has 15 heavy (non-hydrogen) atoms. The van der Waals surface area contributed by atoms with Crippen molar-refractivity contribution in [1.29, 1.82) is 0 Å². The lowest BCUT2D eigenvalue weighted by Gasteiger charge is -2.22. The van der Waals surface area contributed by atoms with E-state index in [0.717, 1.165) is 5.92 Å². The summed E-state index contributed by atoms with van der Waals surface area (Å²) in [5, 5.41) is 3.68. The molecular formula is C13H27NS. The molecule has 0 aromatic carbocycles. The lowest BCUT2D eigenvalue weighted by atomic mass is 10.1. The Kier molecular flexibility index (Phi) is 5.48. The smallest absolute Gasteiger partial charge is 0.0130 e. The van der Waals surface area contributed by atoms with Gasteiger partial charge in [-0.15, -0.1) is 0 Å². The standard InChI is InChI=1S/C13H27NS/c1-11(10-15-13(2,3)4)14-9-12-7-5-6-8-12/h11-12,14H,5-10H2,1-4H3. The maximum absolute atomic E-state index is 3.68. The maximum atomic E-state index is 3.68. The SMILES string of the molecule is CC(CSC(C)(C)C)NCC1CCCC1. The topological polar surface area (TPSA) is 12.0 Å². The van der Waals surface area contributed by atoms with Crippen molar-refractivity contribution in [3.63, 3.8) is 0 Å². The van der Waals surface area contributed by atoms with Crippen molar-refractivity contribution >= 4 is 11.8 Å². The van der Waals surface area contributed by atoms with Crippen molar-refractivity contribution in [2.45, 2.75) is 64.2 Å². The molecule has 0 heterocycles. The summed E-state index contributed by atoms with van der Waals surface area (Å²) in [5.41, 5.74) is 0. The second kappa shape index (κ2) is 6.15. The highest BCUT2D eigenvalue weighted by molar-refractivity contribution is 8.00. The Labute approximate surface area is 99.8 Å². The number of hydrogen-bond acceptors (Lipinski definition) is 2. The number of nitrogens with one attached hydrogen (secondary N) is 1. The molecule has 1 unspecified atom stereocenters. The summed E-state index contributed by atoms with van der Waals surface area (Å²) in [4.78, 5) is 0. The molecule has 1 aliphatic rings. The normalized spacial score (nSPS) is 20.8. The summed E-state index contributed by atoms with van der Waals surface area (Å²) in [5.74, 6) is 2.20. The molecule has 0 aliphatic heterocycles. The van der Waals surface area contributed by atoms with Crippen LogP contribution >= 0.6 is 11.8 Å². The Morgan fingerprint density at radius 3 is 2.40 bits per heavy atom. The zero-order chi connectivity index (χ0) is 11.3. The van der Waals surface area contributed by atoms with E-state index < -0.39 is 0 Å². The Balaban J connectivity index is 2.05. The summed E-state index contributed by atoms with van der Waals surface area (Å²) in [7, 11) is 0. The van der Waals surface area contributed by atoms with Gasteiger partial charge in [-0.25, -0.2) is 0 Å². The van der Waals surface area contributed by atoms with E-state index in [2.05, 4.69) is 44.8 Å². The van der Waals surface area contributed by atoms with Crippen LogP contribution in [0.1, 0.15) is 53.4 Å². The van der Waals surface area contributed by atoms with Gasteiger partial charge in [0, 0.05) is 16.5 Å². The summed E-state index contributed by atoms with van der Waals surface area (Å²) in [6.07, 6.45) is 5.81. The van der Waals surface area contributed by atoms with Gasteiger partial charge in [-0.3, -0.25) is 0 Å². The van der Waals surface area contributed by atoms with E-state index in [9.17, 15) is 0 Å². The highest BCUT2D eigenvalue weighted by Crippen LogP contribution is 2.25. The average molecular weight is 229 g/mol. The van der Waals surface area contributed by atoms with Crippen LogP contribution < -0.4 is 5.32 Å². The first-order valence-corrected chi connectivity index (χ1v) is 7.33. The van der Waals surface area contributed by atoms with Crippen LogP contribution in [0.2, 0.25) is 0 Å². The van der Waals surface area contributed by atoms with Crippen LogP contribution in [0, 0.1) is 5.92 Å². The van der Waals surface area contributed by atoms with Crippen LogP contribution in [-0.2, 0) is 0 Å². The molecule has 0 aromatic heterocycles. The molecule has 0 aromatic rings. The van der Waals surface area contributed by atoms with E-state index >= 15 is 0 Å². The largest absolute Gasteiger partial charge is 0.313 e. The Morgan fingerprint density at radius 2 is 1.87 bits per heavy atom. The summed E-state index contributed by atoms with van der Waals surface area (Å²) in [6, 6.07) is 0.662. The van der Waals surface area contributed by atoms with Gasteiger partial charge in [0.1, 0.15) is 0 Å². The molecule has 2 heteroatoms. The predicted octanol–water partition coefficient (Wildman–Crippen LogP) is 3.69. The zero-order valence-corrected chi connectivity index (χ0v) is 11.6. The quantitative estimate of drug-likeness (QED) is 0.772. The molecule has 90 valence electrons. The molecule has 1 aliphatic carbocycles. The van der Waals surface area contributed by atoms with Gasteiger partial charge in [-0.2, -0.15) is 11.8 Å². The van der Waals surface area contributed by atoms with Crippen LogP contribution in [0.25, 0.3) is 0 Å². The van der Waals surface area contributed by atoms with Gasteiger partial charge in [0.2, 0.25) is 0 Å². The molecule has 1 N–H and O–H groups in total. The third kappa shape index (κ3) is 6.47. The van der Waals surface area contributed by atoms with Crippen LogP contribution in [0.5, 0.6) is 0 Å². The van der Waals surface area contributed by atoms with Crippen molar-refractivity contribution < 1.29 is 0 Å². The fourth-order valence-corrected chi connectivity index (χ4v) is 2.88. The van der Waals surface area contributed by atoms with E-state index in [-0.39, 0.29) is 0 Å². The van der Waals surface area contributed by atoms with E-state index in [4.69, 9.17) is 0 Å². The molecule has 0 bridgehead atoms. The first-order chi connectivity index (χ1) is 6.97. The highest BCUT2D eigenvalue weighted by atomic mass is 32.2. The van der Waals surface area contributed by atoms with Crippen molar-refractivity contribution in [3.8, 4) is 0 Å². The van der Waals surface area contributed by atoms with Gasteiger partial charge < -0.3 is 5.32 Å². The molecule has 0 radical (unpaired) electrons. The molecule has 1 rings (SSSR count). The van der Waals surface area contributed by atoms with Gasteiger partial charge >= 0.3 is 0 Å². The molecule has 1 saturated carbocycles. The van der Waals surface area contributed by atoms with Crippen LogP contribution in [-0.4, -0.2) is 23.1 Å². The lowest BCUT2D eigenvalue weighted by molar-refractivity contribution is 0.461. The third-order valence-electron chi connectivity index (χ3n) is 3.00. The Hall–Kier alpha value is 0.310. The van der Waals surface area contributed by atoms with Crippen LogP contribution in [0.3, 0.4) is 0 Å². The Bertz CT molecular complexity index is 168. The highest BCUT2D eigenvalue weighted by Gasteiger charge is 2.16. The van der Waals surface area contributed by atoms with Gasteiger partial charge in [0.15, 0.2) is 0 Å². The summed E-state index contributed by atoms with van der Waals surface area (Å²) in [6.45, 7) is 10.4. The maximum Gasteiger partial charge on any atom is 0.0130 e. The molecule has 1 fully saturated rings. The minimum absolute atomic E-state index is 0.406. The van der Waals surface area contributed by atoms with E-state index in [1.165, 1.54) is 38.0 Å². The summed E-state index contributed by atoms with van der Waals surface area (Å²) >= 11 is 2.06. The fraction of sp³-hybridized carbons (Fsp3) is 1.00. The van der Waals surface area contributed by atoms with Crippen molar-refractivity contribution in [2.24, 2.45) is 5.92 Å². The zero-order valence-electron chi connectivity index (χ0n) is 10.8. The third-order valence-corrected chi connectivity index (χ3v) is 4.53. The number of thioether (sulfide) groups is 1. The second-order valence-electron chi connectivity index (χ2n) is 5.88. The van der Waals surface area contributed by atoms with Gasteiger partial charge in [0.25, 0.3) is 0 Å². The van der Waals surface area contributed by atoms with Gasteiger partial charge in [0.05, 0.1) is 0 Å². The van der Waals surface area contributed by atoms with Crippen LogP contribution in [0.4, 0.5) is 0 Å². The minimum Gasteiger partial charge on any atom is -0.313 e. The number of rotatable bonds is 5. The van der Waals surface area contributed by atoms with E-state index in [1.54, 1.807) is 0 Å². The second-order valence-corrected chi connectivity index (χ2v) is 7.73. The Morgan fingerprint density at radius 1 is 1.27 bits per heavy atom. The van der Waals surface area contributed by atoms with Crippen molar-refractivity contribution in [1.82, 2.24) is 5.32 Å². The monoisotopic (exact) mass is 229 g/mol. The van der Waals surface area contributed by atoms with E-state index in [0.29, 0.717) is 10.8 Å². The van der Waals surface area contributed by atoms with Crippen molar-refractivity contribution in [3.05, 3.63) is 0 Å². The molecular weight excluding hydrogens is 202 g/mol. The lowest BCUT2D eigenvalue weighted by Crippen LogP contribution is -2.33. The first-order valence-electron chi connectivity index (χ1n) is 6.35. The average Bonchev–Trinajstić information content (AvgIpc) is 2.62. The molecule has 0 spiro atoms. The predicted molar refractivity (Wildman–Crippen MR) is 71.6 cm³/mol. The first kappa shape index (κ1) is 13.4. The van der Waals surface area contributed by atoms with Crippen molar-refractivity contribution in [2.75, 3.05) is 12.3 Å². The molecule has 1 atom stereocenters. The minimum atomic E-state index is 0.406. The fourth-order valence-electron chi connectivity index (χ4n) is 2.02.